The molecule has 0 bridgehead atoms. The molecule has 1 heterocycles. The summed E-state index contributed by atoms with van der Waals surface area (Å²) in [6.45, 7) is 0. The average molecular weight is 140 g/mol. The standard InChI is InChI=1S/C6H4O4/c7-3-5-4-10-6(8)1-2-9-5/h1-4H. The molecule has 10 heavy (non-hydrogen) atoms. The van der Waals surface area contributed by atoms with Crippen LogP contribution in [0.1, 0.15) is 0 Å². The summed E-state index contributed by atoms with van der Waals surface area (Å²) >= 11 is 0. The highest BCUT2D eigenvalue weighted by molar-refractivity contribution is 5.83. The van der Waals surface area contributed by atoms with Crippen LogP contribution in [-0.2, 0) is 19.1 Å². The maximum absolute atomic E-state index is 10.4. The Morgan fingerprint density at radius 1 is 1.40 bits per heavy atom. The fourth-order valence-corrected chi connectivity index (χ4v) is 0.407. The van der Waals surface area contributed by atoms with Gasteiger partial charge in [-0.2, -0.15) is 0 Å². The van der Waals surface area contributed by atoms with Gasteiger partial charge in [0.2, 0.25) is 5.76 Å². The third kappa shape index (κ3) is 1.45. The highest BCUT2D eigenvalue weighted by atomic mass is 16.6. The van der Waals surface area contributed by atoms with Crippen molar-refractivity contribution in [3.63, 3.8) is 0 Å². The van der Waals surface area contributed by atoms with Crippen LogP contribution in [-0.4, -0.2) is 12.3 Å². The fourth-order valence-electron chi connectivity index (χ4n) is 0.407. The maximum Gasteiger partial charge on any atom is 0.338 e. The van der Waals surface area contributed by atoms with Gasteiger partial charge in [0.15, 0.2) is 6.29 Å². The van der Waals surface area contributed by atoms with Crippen LogP contribution in [0, 0.1) is 0 Å². The number of aldehydes is 1. The Hall–Kier alpha value is -1.58. The molecule has 0 fully saturated rings. The quantitative estimate of drug-likeness (QED) is 0.383. The minimum absolute atomic E-state index is 0.0258. The van der Waals surface area contributed by atoms with E-state index >= 15 is 0 Å². The van der Waals surface area contributed by atoms with Gasteiger partial charge in [-0.3, -0.25) is 4.79 Å². The van der Waals surface area contributed by atoms with Crippen LogP contribution in [0.5, 0.6) is 0 Å². The molecule has 4 heteroatoms. The van der Waals surface area contributed by atoms with Gasteiger partial charge in [0.25, 0.3) is 0 Å². The molecule has 0 aromatic carbocycles. The Labute approximate surface area is 56.7 Å². The topological polar surface area (TPSA) is 52.6 Å². The summed E-state index contributed by atoms with van der Waals surface area (Å²) in [5.41, 5.74) is 0. The first kappa shape index (κ1) is 6.54. The van der Waals surface area contributed by atoms with Crippen molar-refractivity contribution in [3.8, 4) is 0 Å². The second-order valence-corrected chi connectivity index (χ2v) is 1.50. The van der Waals surface area contributed by atoms with Crippen LogP contribution >= 0.6 is 0 Å². The number of ether oxygens (including phenoxy) is 2. The first-order chi connectivity index (χ1) is 4.83. The minimum Gasteiger partial charge on any atom is -0.458 e. The van der Waals surface area contributed by atoms with Gasteiger partial charge < -0.3 is 9.47 Å². The molecule has 1 rings (SSSR count). The average Bonchev–Trinajstić information content (AvgIpc) is 2.14. The number of carbonyl (C=O) groups is 2. The summed E-state index contributed by atoms with van der Waals surface area (Å²) in [4.78, 5) is 20.4. The van der Waals surface area contributed by atoms with E-state index in [-0.39, 0.29) is 5.76 Å². The van der Waals surface area contributed by atoms with Crippen molar-refractivity contribution in [2.24, 2.45) is 0 Å². The maximum atomic E-state index is 10.4. The van der Waals surface area contributed by atoms with Gasteiger partial charge in [-0.25, -0.2) is 4.79 Å². The fraction of sp³-hybridized carbons (Fsp3) is 0. The van der Waals surface area contributed by atoms with Crippen molar-refractivity contribution < 1.29 is 19.1 Å². The number of hydrogen-bond donors (Lipinski definition) is 0. The van der Waals surface area contributed by atoms with E-state index in [1.807, 2.05) is 0 Å². The molecule has 52 valence electrons. The van der Waals surface area contributed by atoms with Crippen LogP contribution in [0.2, 0.25) is 0 Å². The number of carbonyl (C=O) groups excluding carboxylic acids is 2. The van der Waals surface area contributed by atoms with Crippen molar-refractivity contribution in [3.05, 3.63) is 24.4 Å². The molecule has 0 saturated carbocycles. The van der Waals surface area contributed by atoms with Crippen LogP contribution in [0.25, 0.3) is 0 Å². The monoisotopic (exact) mass is 140 g/mol. The Balaban J connectivity index is 2.73. The van der Waals surface area contributed by atoms with Crippen molar-refractivity contribution in [1.29, 1.82) is 0 Å². The second kappa shape index (κ2) is 2.82. The lowest BCUT2D eigenvalue weighted by Crippen LogP contribution is -1.91. The molecular weight excluding hydrogens is 136 g/mol. The number of hydrogen-bond acceptors (Lipinski definition) is 4. The van der Waals surface area contributed by atoms with Gasteiger partial charge in [0.05, 0.1) is 12.3 Å². The second-order valence-electron chi connectivity index (χ2n) is 1.50. The summed E-state index contributed by atoms with van der Waals surface area (Å²) in [5, 5.41) is 0. The molecule has 1 aliphatic rings. The van der Waals surface area contributed by atoms with Crippen LogP contribution in [0.15, 0.2) is 24.4 Å². The van der Waals surface area contributed by atoms with Crippen molar-refractivity contribution in [1.82, 2.24) is 0 Å². The summed E-state index contributed by atoms with van der Waals surface area (Å²) in [5.74, 6) is -0.584. The lowest BCUT2D eigenvalue weighted by atomic mass is 10.6. The van der Waals surface area contributed by atoms with E-state index in [1.165, 1.54) is 0 Å². The van der Waals surface area contributed by atoms with Crippen LogP contribution in [0.4, 0.5) is 0 Å². The molecule has 0 saturated heterocycles. The van der Waals surface area contributed by atoms with E-state index in [1.54, 1.807) is 0 Å². The Kier molecular flexibility index (Phi) is 1.84. The van der Waals surface area contributed by atoms with Crippen LogP contribution < -0.4 is 0 Å². The molecule has 0 atom stereocenters. The first-order valence-corrected chi connectivity index (χ1v) is 2.52. The Bertz CT molecular complexity index is 214. The third-order valence-electron chi connectivity index (χ3n) is 0.816. The van der Waals surface area contributed by atoms with Crippen molar-refractivity contribution >= 4 is 12.3 Å². The van der Waals surface area contributed by atoms with Gasteiger partial charge in [0.1, 0.15) is 6.26 Å². The van der Waals surface area contributed by atoms with E-state index in [4.69, 9.17) is 0 Å². The predicted octanol–water partition coefficient (Wildman–Crippen LogP) is 0.114. The molecule has 0 aromatic rings. The van der Waals surface area contributed by atoms with Gasteiger partial charge in [-0.05, 0) is 0 Å². The highest BCUT2D eigenvalue weighted by Crippen LogP contribution is 1.99. The first-order valence-electron chi connectivity index (χ1n) is 2.52. The highest BCUT2D eigenvalue weighted by Gasteiger charge is 2.02. The largest absolute Gasteiger partial charge is 0.458 e. The van der Waals surface area contributed by atoms with Gasteiger partial charge >= 0.3 is 5.97 Å². The van der Waals surface area contributed by atoms with E-state index in [2.05, 4.69) is 9.47 Å². The number of esters is 1. The molecule has 0 spiro atoms. The molecular formula is C6H4O4. The van der Waals surface area contributed by atoms with Crippen molar-refractivity contribution in [2.75, 3.05) is 0 Å². The van der Waals surface area contributed by atoms with E-state index in [0.29, 0.717) is 6.29 Å². The van der Waals surface area contributed by atoms with E-state index in [9.17, 15) is 9.59 Å². The molecule has 0 unspecified atom stereocenters. The molecule has 0 aliphatic carbocycles. The van der Waals surface area contributed by atoms with Gasteiger partial charge in [-0.1, -0.05) is 0 Å². The normalized spacial score (nSPS) is 16.4. The molecule has 0 aromatic heterocycles. The summed E-state index contributed by atoms with van der Waals surface area (Å²) in [7, 11) is 0. The van der Waals surface area contributed by atoms with Crippen LogP contribution in [0.3, 0.4) is 0 Å². The number of allylic oxidation sites excluding steroid dienone is 1. The van der Waals surface area contributed by atoms with Gasteiger partial charge in [-0.15, -0.1) is 0 Å². The zero-order valence-corrected chi connectivity index (χ0v) is 4.94. The summed E-state index contributed by atoms with van der Waals surface area (Å²) in [6, 6.07) is 0. The number of rotatable bonds is 1. The molecule has 0 radical (unpaired) electrons. The van der Waals surface area contributed by atoms with E-state index in [0.717, 1.165) is 18.6 Å². The smallest absolute Gasteiger partial charge is 0.338 e. The van der Waals surface area contributed by atoms with E-state index < -0.39 is 5.97 Å². The zero-order chi connectivity index (χ0) is 7.40. The summed E-state index contributed by atoms with van der Waals surface area (Å²) in [6.07, 6.45) is 3.57. The summed E-state index contributed by atoms with van der Waals surface area (Å²) < 4.78 is 8.95. The molecule has 4 nitrogen and oxygen atoms in total. The molecule has 1 aliphatic heterocycles. The Morgan fingerprint density at radius 3 is 2.90 bits per heavy atom. The lowest BCUT2D eigenvalue weighted by Gasteiger charge is -1.91. The third-order valence-corrected chi connectivity index (χ3v) is 0.816. The zero-order valence-electron chi connectivity index (χ0n) is 4.94. The SMILES string of the molecule is O=CC1=COC(=O)C=CO1. The van der Waals surface area contributed by atoms with Crippen molar-refractivity contribution in [2.45, 2.75) is 0 Å². The number of cyclic esters (lactones) is 1. The van der Waals surface area contributed by atoms with Gasteiger partial charge in [0, 0.05) is 0 Å². The Morgan fingerprint density at radius 2 is 2.20 bits per heavy atom. The minimum atomic E-state index is -0.558. The molecule has 0 N–H and O–H groups in total. The predicted molar refractivity (Wildman–Crippen MR) is 30.5 cm³/mol. The lowest BCUT2D eigenvalue weighted by molar-refractivity contribution is -0.132. The molecule has 0 amide bonds.